The van der Waals surface area contributed by atoms with Gasteiger partial charge in [-0.2, -0.15) is 0 Å². The molecule has 9 N–H and O–H groups in total. The number of benzene rings is 2. The number of aromatic hydroxyl groups is 3. The molecule has 5 unspecified atom stereocenters. The molecule has 14 heteroatoms. The summed E-state index contributed by atoms with van der Waals surface area (Å²) in [6.07, 6.45) is -15.0. The molecule has 5 rings (SSSR count). The Morgan fingerprint density at radius 2 is 1.39 bits per heavy atom. The summed E-state index contributed by atoms with van der Waals surface area (Å²) in [6.45, 7) is 0.973. The van der Waals surface area contributed by atoms with Crippen LogP contribution in [0.2, 0.25) is 0 Å². The second-order valence-electron chi connectivity index (χ2n) is 10.0. The summed E-state index contributed by atoms with van der Waals surface area (Å²) in [5, 5.41) is 92.0. The molecule has 1 aromatic heterocycles. The lowest BCUT2D eigenvalue weighted by Crippen LogP contribution is -2.61. The van der Waals surface area contributed by atoms with Crippen molar-refractivity contribution in [2.24, 2.45) is 0 Å². The predicted molar refractivity (Wildman–Crippen MR) is 137 cm³/mol. The Kier molecular flexibility index (Phi) is 8.20. The quantitative estimate of drug-likeness (QED) is 0.168. The van der Waals surface area contributed by atoms with E-state index < -0.39 is 68.0 Å². The van der Waals surface area contributed by atoms with Crippen molar-refractivity contribution in [3.8, 4) is 34.3 Å². The summed E-state index contributed by atoms with van der Waals surface area (Å²) in [6, 6.07) is 9.48. The van der Waals surface area contributed by atoms with Crippen LogP contribution in [0.4, 0.5) is 0 Å². The molecule has 0 saturated carbocycles. The van der Waals surface area contributed by atoms with Crippen molar-refractivity contribution < 1.29 is 69.3 Å². The van der Waals surface area contributed by atoms with Gasteiger partial charge < -0.3 is 64.9 Å². The monoisotopic (exact) mass is 579 g/mol. The highest BCUT2D eigenvalue weighted by Gasteiger charge is 2.48. The van der Waals surface area contributed by atoms with Gasteiger partial charge >= 0.3 is 11.3 Å². The Morgan fingerprint density at radius 3 is 2.10 bits per heavy atom. The standard InChI is InChI=1S/C27H30O14/c1-10-19(31)21(33)23(35)26(38-10)37-9-18-20(32)22(34)24(36)27(41-18)40-17-8-14-15(30)6-13(29)7-16(14)39-25(17)11-2-4-12(28)5-3-11/h2-8,10,18-24,26-27,31-36H,9H2,1H3,(H2-,28,29,30)/p+1/t10?,18?,19-,20+,21-,22?,23?,24?,26+,27+/m0/s1. The van der Waals surface area contributed by atoms with E-state index in [9.17, 15) is 46.0 Å². The molecule has 0 bridgehead atoms. The summed E-state index contributed by atoms with van der Waals surface area (Å²) in [7, 11) is 0. The molecule has 2 aliphatic heterocycles. The van der Waals surface area contributed by atoms with Gasteiger partial charge in [0.1, 0.15) is 65.4 Å². The highest BCUT2D eigenvalue weighted by atomic mass is 16.7. The van der Waals surface area contributed by atoms with Crippen molar-refractivity contribution in [1.29, 1.82) is 0 Å². The van der Waals surface area contributed by atoms with Crippen LogP contribution in [0.25, 0.3) is 22.3 Å². The van der Waals surface area contributed by atoms with E-state index in [0.717, 1.165) is 6.07 Å². The molecule has 3 heterocycles. The average molecular weight is 580 g/mol. The smallest absolute Gasteiger partial charge is 0.402 e. The molecule has 10 atom stereocenters. The highest BCUT2D eigenvalue weighted by molar-refractivity contribution is 5.88. The zero-order valence-corrected chi connectivity index (χ0v) is 21.6. The molecule has 2 aliphatic rings. The van der Waals surface area contributed by atoms with E-state index in [1.165, 1.54) is 43.3 Å². The highest BCUT2D eigenvalue weighted by Crippen LogP contribution is 2.40. The first-order valence-electron chi connectivity index (χ1n) is 12.7. The Labute approximate surface area is 232 Å². The van der Waals surface area contributed by atoms with Crippen LogP contribution in [0, 0.1) is 0 Å². The molecule has 222 valence electrons. The lowest BCUT2D eigenvalue weighted by molar-refractivity contribution is -0.318. The largest absolute Gasteiger partial charge is 0.508 e. The van der Waals surface area contributed by atoms with E-state index in [-0.39, 0.29) is 39.7 Å². The summed E-state index contributed by atoms with van der Waals surface area (Å²) < 4.78 is 28.4. The van der Waals surface area contributed by atoms with Crippen LogP contribution in [0.5, 0.6) is 23.0 Å². The Hall–Kier alpha value is -3.31. The lowest BCUT2D eigenvalue weighted by Gasteiger charge is -2.42. The van der Waals surface area contributed by atoms with E-state index in [2.05, 4.69) is 0 Å². The number of hydrogen-bond donors (Lipinski definition) is 9. The van der Waals surface area contributed by atoms with E-state index in [4.69, 9.17) is 23.4 Å². The van der Waals surface area contributed by atoms with Gasteiger partial charge in [-0.05, 0) is 31.2 Å². The van der Waals surface area contributed by atoms with Crippen LogP contribution in [0.1, 0.15) is 6.92 Å². The third kappa shape index (κ3) is 5.74. The molecule has 14 nitrogen and oxygen atoms in total. The predicted octanol–water partition coefficient (Wildman–Crippen LogP) is -0.472. The molecule has 0 amide bonds. The lowest BCUT2D eigenvalue weighted by atomic mass is 9.98. The SMILES string of the molecule is CC1O[C@@H](OCC2O[C@@H](Oc3cc4c(O)cc(O)cc4[o+]c3-c3ccc(O)cc3)C(O)C(O)[C@@H]2O)C(O)[C@@H](O)[C@H]1O. The molecule has 0 radical (unpaired) electrons. The van der Waals surface area contributed by atoms with E-state index in [1.807, 2.05) is 0 Å². The number of fused-ring (bicyclic) bond motifs is 1. The first kappa shape index (κ1) is 29.2. The average Bonchev–Trinajstić information content (AvgIpc) is 2.94. The zero-order valence-electron chi connectivity index (χ0n) is 21.6. The van der Waals surface area contributed by atoms with Gasteiger partial charge in [-0.15, -0.1) is 0 Å². The number of aliphatic hydroxyl groups is 6. The Balaban J connectivity index is 1.42. The van der Waals surface area contributed by atoms with Crippen LogP contribution >= 0.6 is 0 Å². The molecule has 2 aromatic carbocycles. The molecule has 0 aliphatic carbocycles. The fourth-order valence-corrected chi connectivity index (χ4v) is 4.70. The van der Waals surface area contributed by atoms with Crippen LogP contribution in [-0.4, -0.2) is 114 Å². The summed E-state index contributed by atoms with van der Waals surface area (Å²) in [5.74, 6) is -0.661. The zero-order chi connectivity index (χ0) is 29.6. The summed E-state index contributed by atoms with van der Waals surface area (Å²) >= 11 is 0. The van der Waals surface area contributed by atoms with Crippen LogP contribution < -0.4 is 4.74 Å². The first-order valence-corrected chi connectivity index (χ1v) is 12.7. The number of rotatable bonds is 6. The van der Waals surface area contributed by atoms with Crippen molar-refractivity contribution in [1.82, 2.24) is 0 Å². The van der Waals surface area contributed by atoms with E-state index >= 15 is 0 Å². The van der Waals surface area contributed by atoms with Crippen LogP contribution in [-0.2, 0) is 14.2 Å². The second kappa shape index (κ2) is 11.5. The Bertz CT molecular complexity index is 1370. The Morgan fingerprint density at radius 1 is 0.732 bits per heavy atom. The first-order chi connectivity index (χ1) is 19.4. The molecule has 2 saturated heterocycles. The van der Waals surface area contributed by atoms with Gasteiger partial charge in [0.05, 0.1) is 24.3 Å². The number of phenolic OH excluding ortho intramolecular Hbond substituents is 3. The maximum Gasteiger partial charge on any atom is 0.402 e. The second-order valence-corrected chi connectivity index (χ2v) is 10.0. The molecule has 2 fully saturated rings. The molecular weight excluding hydrogens is 548 g/mol. The van der Waals surface area contributed by atoms with E-state index in [1.54, 1.807) is 0 Å². The molecular formula is C27H31O14+. The third-order valence-corrected chi connectivity index (χ3v) is 7.09. The van der Waals surface area contributed by atoms with Gasteiger partial charge in [-0.3, -0.25) is 0 Å². The third-order valence-electron chi connectivity index (χ3n) is 7.09. The van der Waals surface area contributed by atoms with Crippen molar-refractivity contribution in [2.75, 3.05) is 6.61 Å². The van der Waals surface area contributed by atoms with Gasteiger partial charge in [0.25, 0.3) is 0 Å². The fraction of sp³-hybridized carbons (Fsp3) is 0.444. The van der Waals surface area contributed by atoms with Crippen molar-refractivity contribution >= 4 is 11.0 Å². The van der Waals surface area contributed by atoms with Crippen LogP contribution in [0.3, 0.4) is 0 Å². The molecule has 3 aromatic rings. The van der Waals surface area contributed by atoms with Crippen molar-refractivity contribution in [3.05, 3.63) is 42.5 Å². The maximum atomic E-state index is 10.7. The van der Waals surface area contributed by atoms with E-state index in [0.29, 0.717) is 5.56 Å². The topological polar surface area (TPSA) is 230 Å². The number of phenols is 3. The minimum absolute atomic E-state index is 0.0261. The van der Waals surface area contributed by atoms with Gasteiger partial charge in [-0.25, -0.2) is 4.42 Å². The summed E-state index contributed by atoms with van der Waals surface area (Å²) in [5.41, 5.74) is 0.476. The molecule has 0 spiro atoms. The minimum Gasteiger partial charge on any atom is -0.508 e. The number of aliphatic hydroxyl groups excluding tert-OH is 6. The number of hydrogen-bond acceptors (Lipinski definition) is 13. The van der Waals surface area contributed by atoms with Crippen molar-refractivity contribution in [2.45, 2.75) is 68.3 Å². The summed E-state index contributed by atoms with van der Waals surface area (Å²) in [4.78, 5) is 0. The number of ether oxygens (including phenoxy) is 4. The van der Waals surface area contributed by atoms with Gasteiger partial charge in [0.2, 0.25) is 12.0 Å². The van der Waals surface area contributed by atoms with Crippen molar-refractivity contribution in [3.63, 3.8) is 0 Å². The van der Waals surface area contributed by atoms with Gasteiger partial charge in [-0.1, -0.05) is 0 Å². The normalized spacial score (nSPS) is 34.0. The van der Waals surface area contributed by atoms with Gasteiger partial charge in [0, 0.05) is 12.1 Å². The maximum absolute atomic E-state index is 10.7. The van der Waals surface area contributed by atoms with Gasteiger partial charge in [0.15, 0.2) is 6.29 Å². The fourth-order valence-electron chi connectivity index (χ4n) is 4.70. The molecule has 41 heavy (non-hydrogen) atoms. The van der Waals surface area contributed by atoms with Crippen LogP contribution in [0.15, 0.2) is 46.9 Å². The minimum atomic E-state index is -1.77.